The molecule has 0 aliphatic carbocycles. The zero-order valence-corrected chi connectivity index (χ0v) is 23.4. The van der Waals surface area contributed by atoms with E-state index in [9.17, 15) is 4.79 Å². The van der Waals surface area contributed by atoms with E-state index in [2.05, 4.69) is 32.1 Å². The third-order valence-corrected chi connectivity index (χ3v) is 8.87. The van der Waals surface area contributed by atoms with Gasteiger partial charge in [-0.3, -0.25) is 14.8 Å². The quantitative estimate of drug-likeness (QED) is 0.357. The maximum absolute atomic E-state index is 12.8. The fraction of sp³-hybridized carbons (Fsp3) is 0.500. The number of ether oxygens (including phenoxy) is 2. The van der Waals surface area contributed by atoms with Crippen LogP contribution in [0.5, 0.6) is 0 Å². The highest BCUT2D eigenvalue weighted by atomic mass is 32.1. The SMILES string of the molecule is COCCN(C)C(=O)C1CCN(Cc2cc3nc(-c4cccc5[nH]ncc45)nc(N4CCOCC4)c3s2)CC1. The molecule has 0 saturated carbocycles. The fourth-order valence-electron chi connectivity index (χ4n) is 5.52. The summed E-state index contributed by atoms with van der Waals surface area (Å²) < 4.78 is 11.9. The Hall–Kier alpha value is -3.12. The molecule has 10 nitrogen and oxygen atoms in total. The number of rotatable bonds is 8. The van der Waals surface area contributed by atoms with Crippen molar-refractivity contribution in [1.29, 1.82) is 0 Å². The molecule has 0 bridgehead atoms. The first-order valence-electron chi connectivity index (χ1n) is 13.6. The number of hydrogen-bond donors (Lipinski definition) is 1. The molecular weight excluding hydrogens is 514 g/mol. The van der Waals surface area contributed by atoms with Crippen molar-refractivity contribution >= 4 is 44.2 Å². The average Bonchev–Trinajstić information content (AvgIpc) is 3.62. The molecule has 3 aromatic heterocycles. The summed E-state index contributed by atoms with van der Waals surface area (Å²) >= 11 is 1.78. The molecule has 39 heavy (non-hydrogen) atoms. The number of amides is 1. The van der Waals surface area contributed by atoms with E-state index in [-0.39, 0.29) is 11.8 Å². The van der Waals surface area contributed by atoms with Crippen molar-refractivity contribution in [3.63, 3.8) is 0 Å². The smallest absolute Gasteiger partial charge is 0.225 e. The van der Waals surface area contributed by atoms with Crippen LogP contribution >= 0.6 is 11.3 Å². The number of thiophene rings is 1. The number of morpholine rings is 1. The van der Waals surface area contributed by atoms with Crippen LogP contribution in [0.2, 0.25) is 0 Å². The highest BCUT2D eigenvalue weighted by molar-refractivity contribution is 7.19. The van der Waals surface area contributed by atoms with Crippen molar-refractivity contribution in [3.8, 4) is 11.4 Å². The lowest BCUT2D eigenvalue weighted by molar-refractivity contribution is -0.136. The molecule has 11 heteroatoms. The van der Waals surface area contributed by atoms with Crippen molar-refractivity contribution in [3.05, 3.63) is 35.3 Å². The number of H-pyrrole nitrogens is 1. The lowest BCUT2D eigenvalue weighted by Crippen LogP contribution is -2.41. The molecule has 0 atom stereocenters. The number of likely N-dealkylation sites (tertiary alicyclic amines) is 1. The summed E-state index contributed by atoms with van der Waals surface area (Å²) in [5.74, 6) is 2.03. The van der Waals surface area contributed by atoms with Crippen LogP contribution in [0.15, 0.2) is 30.5 Å². The monoisotopic (exact) mass is 549 g/mol. The molecule has 2 aliphatic heterocycles. The lowest BCUT2D eigenvalue weighted by atomic mass is 9.95. The van der Waals surface area contributed by atoms with Gasteiger partial charge in [0, 0.05) is 62.1 Å². The molecule has 1 amide bonds. The molecule has 1 N–H and O–H groups in total. The van der Waals surface area contributed by atoms with Crippen LogP contribution in [0.1, 0.15) is 17.7 Å². The normalized spacial score (nSPS) is 17.3. The molecule has 0 radical (unpaired) electrons. The standard InChI is InChI=1S/C28H35N7O3S/c1-33(10-13-37-2)28(36)19-6-8-34(9-7-19)18-20-16-24-25(39-20)27(35-11-14-38-15-12-35)31-26(30-24)21-4-3-5-23-22(21)17-29-32-23/h3-5,16-17,19H,6-15,18H2,1-2H3,(H,29,32). The van der Waals surface area contributed by atoms with Crippen molar-refractivity contribution in [2.75, 3.05) is 71.6 Å². The van der Waals surface area contributed by atoms with Gasteiger partial charge in [0.25, 0.3) is 0 Å². The van der Waals surface area contributed by atoms with E-state index in [0.29, 0.717) is 26.4 Å². The number of likely N-dealkylation sites (N-methyl/N-ethyl adjacent to an activating group) is 1. The largest absolute Gasteiger partial charge is 0.383 e. The molecule has 206 valence electrons. The van der Waals surface area contributed by atoms with Crippen molar-refractivity contribution in [1.82, 2.24) is 30.0 Å². The first kappa shape index (κ1) is 26.1. The van der Waals surface area contributed by atoms with Crippen molar-refractivity contribution in [2.45, 2.75) is 19.4 Å². The molecule has 0 unspecified atom stereocenters. The Balaban J connectivity index is 1.24. The number of fused-ring (bicyclic) bond motifs is 2. The molecule has 6 rings (SSSR count). The number of hydrogen-bond acceptors (Lipinski definition) is 9. The van der Waals surface area contributed by atoms with Crippen LogP contribution in [-0.4, -0.2) is 103 Å². The summed E-state index contributed by atoms with van der Waals surface area (Å²) in [7, 11) is 3.54. The number of anilines is 1. The van der Waals surface area contributed by atoms with Crippen LogP contribution in [0.4, 0.5) is 5.82 Å². The minimum Gasteiger partial charge on any atom is -0.383 e. The summed E-state index contributed by atoms with van der Waals surface area (Å²) in [4.78, 5) is 30.8. The van der Waals surface area contributed by atoms with Gasteiger partial charge in [0.2, 0.25) is 5.91 Å². The maximum Gasteiger partial charge on any atom is 0.225 e. The van der Waals surface area contributed by atoms with E-state index < -0.39 is 0 Å². The van der Waals surface area contributed by atoms with Crippen LogP contribution in [0.3, 0.4) is 0 Å². The summed E-state index contributed by atoms with van der Waals surface area (Å²) in [5, 5.41) is 8.30. The van der Waals surface area contributed by atoms with Gasteiger partial charge in [0.05, 0.1) is 41.8 Å². The second kappa shape index (κ2) is 11.5. The van der Waals surface area contributed by atoms with Crippen LogP contribution in [-0.2, 0) is 20.8 Å². The van der Waals surface area contributed by atoms with Gasteiger partial charge in [0.1, 0.15) is 0 Å². The molecule has 2 fully saturated rings. The molecule has 2 aliphatic rings. The average molecular weight is 550 g/mol. The maximum atomic E-state index is 12.8. The Morgan fingerprint density at radius 2 is 2.03 bits per heavy atom. The minimum atomic E-state index is 0.0949. The number of benzene rings is 1. The first-order chi connectivity index (χ1) is 19.1. The number of nitrogens with one attached hydrogen (secondary N) is 1. The van der Waals surface area contributed by atoms with Gasteiger partial charge in [-0.25, -0.2) is 9.97 Å². The summed E-state index contributed by atoms with van der Waals surface area (Å²) in [6, 6.07) is 8.32. The van der Waals surface area contributed by atoms with E-state index in [1.165, 1.54) is 4.88 Å². The van der Waals surface area contributed by atoms with Gasteiger partial charge in [-0.05, 0) is 38.1 Å². The van der Waals surface area contributed by atoms with E-state index >= 15 is 0 Å². The third-order valence-electron chi connectivity index (χ3n) is 7.76. The predicted octanol–water partition coefficient (Wildman–Crippen LogP) is 3.39. The zero-order chi connectivity index (χ0) is 26.8. The molecular formula is C28H35N7O3S. The highest BCUT2D eigenvalue weighted by Gasteiger charge is 2.28. The number of nitrogens with zero attached hydrogens (tertiary/aromatic N) is 6. The fourth-order valence-corrected chi connectivity index (χ4v) is 6.68. The van der Waals surface area contributed by atoms with Gasteiger partial charge < -0.3 is 19.3 Å². The summed E-state index contributed by atoms with van der Waals surface area (Å²) in [5.41, 5.74) is 2.93. The third kappa shape index (κ3) is 5.49. The Morgan fingerprint density at radius 3 is 2.82 bits per heavy atom. The van der Waals surface area contributed by atoms with Gasteiger partial charge in [-0.2, -0.15) is 5.10 Å². The Labute approximate surface area is 231 Å². The van der Waals surface area contributed by atoms with E-state index in [1.54, 1.807) is 18.4 Å². The molecule has 1 aromatic carbocycles. The van der Waals surface area contributed by atoms with E-state index in [1.807, 2.05) is 30.3 Å². The minimum absolute atomic E-state index is 0.0949. The lowest BCUT2D eigenvalue weighted by Gasteiger charge is -2.32. The summed E-state index contributed by atoms with van der Waals surface area (Å²) in [6.45, 7) is 6.93. The molecule has 2 saturated heterocycles. The summed E-state index contributed by atoms with van der Waals surface area (Å²) in [6.07, 6.45) is 3.62. The Bertz CT molecular complexity index is 1440. The van der Waals surface area contributed by atoms with Gasteiger partial charge >= 0.3 is 0 Å². The van der Waals surface area contributed by atoms with Crippen molar-refractivity contribution < 1.29 is 14.3 Å². The predicted molar refractivity (Wildman–Crippen MR) is 153 cm³/mol. The number of aromatic nitrogens is 4. The van der Waals surface area contributed by atoms with E-state index in [4.69, 9.17) is 19.4 Å². The van der Waals surface area contributed by atoms with Crippen LogP contribution in [0.25, 0.3) is 32.5 Å². The van der Waals surface area contributed by atoms with E-state index in [0.717, 1.165) is 83.9 Å². The Morgan fingerprint density at radius 1 is 1.21 bits per heavy atom. The second-order valence-electron chi connectivity index (χ2n) is 10.3. The number of aromatic amines is 1. The second-order valence-corrected chi connectivity index (χ2v) is 11.5. The zero-order valence-electron chi connectivity index (χ0n) is 22.6. The number of methoxy groups -OCH3 is 1. The number of piperidine rings is 1. The van der Waals surface area contributed by atoms with Crippen LogP contribution < -0.4 is 4.90 Å². The molecule has 5 heterocycles. The first-order valence-corrected chi connectivity index (χ1v) is 14.4. The van der Waals surface area contributed by atoms with Gasteiger partial charge in [-0.1, -0.05) is 12.1 Å². The van der Waals surface area contributed by atoms with Gasteiger partial charge in [0.15, 0.2) is 11.6 Å². The number of carbonyl (C=O) groups is 1. The van der Waals surface area contributed by atoms with Crippen LogP contribution in [0, 0.1) is 5.92 Å². The van der Waals surface area contributed by atoms with Crippen molar-refractivity contribution in [2.24, 2.45) is 5.92 Å². The Kier molecular flexibility index (Phi) is 7.73. The molecule has 0 spiro atoms. The highest BCUT2D eigenvalue weighted by Crippen LogP contribution is 2.36. The number of carbonyl (C=O) groups excluding carboxylic acids is 1. The molecule has 4 aromatic rings. The topological polar surface area (TPSA) is 99.7 Å². The van der Waals surface area contributed by atoms with Gasteiger partial charge in [-0.15, -0.1) is 11.3 Å².